The van der Waals surface area contributed by atoms with Crippen molar-refractivity contribution in [2.75, 3.05) is 31.1 Å². The standard InChI is InChI=1S/C25H30Cl2N4/c1-18(23-8-6-20(26)15-24(23)27)31-25-16-22(7-5-19(25)17-28-31)30-13-9-21(10-14-30)29-11-3-2-4-12-29/h5-8,15-18,21H,2-4,9-14H2,1H3/t18-/m1/s1. The van der Waals surface area contributed by atoms with Gasteiger partial charge in [-0.2, -0.15) is 5.10 Å². The van der Waals surface area contributed by atoms with E-state index in [0.29, 0.717) is 10.0 Å². The molecular formula is C25H30Cl2N4. The molecule has 0 radical (unpaired) electrons. The summed E-state index contributed by atoms with van der Waals surface area (Å²) >= 11 is 12.6. The lowest BCUT2D eigenvalue weighted by atomic mass is 9.99. The van der Waals surface area contributed by atoms with Crippen LogP contribution in [0.15, 0.2) is 42.6 Å². The molecule has 1 aromatic heterocycles. The van der Waals surface area contributed by atoms with Crippen LogP contribution >= 0.6 is 23.2 Å². The van der Waals surface area contributed by atoms with Crippen molar-refractivity contribution in [2.45, 2.75) is 51.1 Å². The van der Waals surface area contributed by atoms with Gasteiger partial charge in [-0.05, 0) is 81.6 Å². The van der Waals surface area contributed by atoms with Gasteiger partial charge in [-0.3, -0.25) is 4.68 Å². The van der Waals surface area contributed by atoms with Crippen molar-refractivity contribution >= 4 is 39.8 Å². The van der Waals surface area contributed by atoms with Crippen LogP contribution in [0.2, 0.25) is 10.0 Å². The Labute approximate surface area is 194 Å². The molecule has 31 heavy (non-hydrogen) atoms. The predicted molar refractivity (Wildman–Crippen MR) is 131 cm³/mol. The fourth-order valence-electron chi connectivity index (χ4n) is 5.28. The van der Waals surface area contributed by atoms with E-state index in [9.17, 15) is 0 Å². The Balaban J connectivity index is 1.35. The summed E-state index contributed by atoms with van der Waals surface area (Å²) in [7, 11) is 0. The fraction of sp³-hybridized carbons (Fsp3) is 0.480. The van der Waals surface area contributed by atoms with Crippen LogP contribution in [0.5, 0.6) is 0 Å². The third kappa shape index (κ3) is 4.30. The Morgan fingerprint density at radius 2 is 1.71 bits per heavy atom. The highest BCUT2D eigenvalue weighted by Crippen LogP contribution is 2.32. The molecule has 6 heteroatoms. The van der Waals surface area contributed by atoms with E-state index in [4.69, 9.17) is 28.3 Å². The molecule has 0 aliphatic carbocycles. The molecule has 164 valence electrons. The van der Waals surface area contributed by atoms with Gasteiger partial charge in [0.25, 0.3) is 0 Å². The first-order valence-corrected chi connectivity index (χ1v) is 12.3. The molecule has 3 aromatic rings. The van der Waals surface area contributed by atoms with E-state index < -0.39 is 0 Å². The summed E-state index contributed by atoms with van der Waals surface area (Å²) in [5, 5.41) is 7.19. The number of halogens is 2. The van der Waals surface area contributed by atoms with Crippen LogP contribution in [-0.4, -0.2) is 46.9 Å². The molecule has 0 amide bonds. The van der Waals surface area contributed by atoms with Crippen molar-refractivity contribution in [3.8, 4) is 0 Å². The summed E-state index contributed by atoms with van der Waals surface area (Å²) in [6, 6.07) is 13.2. The number of aromatic nitrogens is 2. The summed E-state index contributed by atoms with van der Waals surface area (Å²) in [5.74, 6) is 0. The second-order valence-electron chi connectivity index (χ2n) is 8.99. The van der Waals surface area contributed by atoms with E-state index in [2.05, 4.69) is 39.6 Å². The van der Waals surface area contributed by atoms with Crippen LogP contribution in [0.25, 0.3) is 10.9 Å². The molecule has 0 N–H and O–H groups in total. The van der Waals surface area contributed by atoms with Crippen LogP contribution in [0.3, 0.4) is 0 Å². The molecule has 4 nitrogen and oxygen atoms in total. The van der Waals surface area contributed by atoms with Crippen molar-refractivity contribution < 1.29 is 0 Å². The van der Waals surface area contributed by atoms with Crippen molar-refractivity contribution in [1.82, 2.24) is 14.7 Å². The summed E-state index contributed by atoms with van der Waals surface area (Å²) in [6.07, 6.45) is 8.61. The van der Waals surface area contributed by atoms with Crippen molar-refractivity contribution in [1.29, 1.82) is 0 Å². The van der Waals surface area contributed by atoms with E-state index >= 15 is 0 Å². The van der Waals surface area contributed by atoms with Crippen LogP contribution < -0.4 is 4.90 Å². The first kappa shape index (κ1) is 21.1. The van der Waals surface area contributed by atoms with Gasteiger partial charge >= 0.3 is 0 Å². The van der Waals surface area contributed by atoms with Crippen LogP contribution in [0.4, 0.5) is 5.69 Å². The summed E-state index contributed by atoms with van der Waals surface area (Å²) in [4.78, 5) is 5.27. The quantitative estimate of drug-likeness (QED) is 0.453. The minimum atomic E-state index is 0.0300. The lowest BCUT2D eigenvalue weighted by Crippen LogP contribution is -2.46. The summed E-state index contributed by atoms with van der Waals surface area (Å²) in [6.45, 7) is 6.97. The average molecular weight is 457 g/mol. The van der Waals surface area contributed by atoms with Gasteiger partial charge in [-0.25, -0.2) is 0 Å². The van der Waals surface area contributed by atoms with Gasteiger partial charge < -0.3 is 9.80 Å². The first-order chi connectivity index (χ1) is 15.1. The molecule has 2 aromatic carbocycles. The number of benzene rings is 2. The second kappa shape index (κ2) is 9.01. The average Bonchev–Trinajstić information content (AvgIpc) is 3.23. The highest BCUT2D eigenvalue weighted by atomic mass is 35.5. The molecule has 0 bridgehead atoms. The van der Waals surface area contributed by atoms with E-state index in [1.54, 1.807) is 6.07 Å². The number of fused-ring (bicyclic) bond motifs is 1. The molecule has 2 saturated heterocycles. The topological polar surface area (TPSA) is 24.3 Å². The fourth-order valence-corrected chi connectivity index (χ4v) is 5.84. The zero-order chi connectivity index (χ0) is 21.4. The number of likely N-dealkylation sites (tertiary alicyclic amines) is 1. The SMILES string of the molecule is C[C@H](c1ccc(Cl)cc1Cl)n1ncc2ccc(N3CCC(N4CCCCC4)CC3)cc21. The van der Waals surface area contributed by atoms with Gasteiger partial charge in [0, 0.05) is 40.3 Å². The Bertz CT molecular complexity index is 1050. The molecule has 0 spiro atoms. The third-order valence-electron chi connectivity index (χ3n) is 7.10. The number of rotatable bonds is 4. The Morgan fingerprint density at radius 1 is 0.935 bits per heavy atom. The van der Waals surface area contributed by atoms with Gasteiger partial charge in [-0.15, -0.1) is 0 Å². The second-order valence-corrected chi connectivity index (χ2v) is 9.83. The third-order valence-corrected chi connectivity index (χ3v) is 7.66. The largest absolute Gasteiger partial charge is 0.371 e. The molecule has 2 aliphatic rings. The highest BCUT2D eigenvalue weighted by molar-refractivity contribution is 6.35. The smallest absolute Gasteiger partial charge is 0.0761 e. The Kier molecular flexibility index (Phi) is 6.14. The predicted octanol–water partition coefficient (Wildman–Crippen LogP) is 6.41. The number of hydrogen-bond acceptors (Lipinski definition) is 3. The highest BCUT2D eigenvalue weighted by Gasteiger charge is 2.26. The number of nitrogens with zero attached hydrogens (tertiary/aromatic N) is 4. The van der Waals surface area contributed by atoms with Gasteiger partial charge in [0.15, 0.2) is 0 Å². The molecule has 2 fully saturated rings. The summed E-state index contributed by atoms with van der Waals surface area (Å²) < 4.78 is 2.08. The number of anilines is 1. The summed E-state index contributed by atoms with van der Waals surface area (Å²) in [5.41, 5.74) is 3.47. The molecular weight excluding hydrogens is 427 g/mol. The van der Waals surface area contributed by atoms with Crippen molar-refractivity contribution in [2.24, 2.45) is 0 Å². The molecule has 1 atom stereocenters. The van der Waals surface area contributed by atoms with E-state index in [1.807, 2.05) is 18.3 Å². The van der Waals surface area contributed by atoms with Crippen LogP contribution in [0.1, 0.15) is 50.6 Å². The van der Waals surface area contributed by atoms with Gasteiger partial charge in [-0.1, -0.05) is 35.7 Å². The number of piperidine rings is 2. The van der Waals surface area contributed by atoms with Gasteiger partial charge in [0.1, 0.15) is 0 Å². The van der Waals surface area contributed by atoms with Gasteiger partial charge in [0.2, 0.25) is 0 Å². The van der Waals surface area contributed by atoms with E-state index in [0.717, 1.165) is 35.6 Å². The maximum atomic E-state index is 6.49. The maximum Gasteiger partial charge on any atom is 0.0761 e. The Morgan fingerprint density at radius 3 is 2.45 bits per heavy atom. The molecule has 0 unspecified atom stereocenters. The molecule has 3 heterocycles. The Hall–Kier alpha value is -1.75. The molecule has 0 saturated carbocycles. The molecule has 2 aliphatic heterocycles. The number of hydrogen-bond donors (Lipinski definition) is 0. The van der Waals surface area contributed by atoms with Crippen LogP contribution in [0, 0.1) is 0 Å². The minimum absolute atomic E-state index is 0.0300. The van der Waals surface area contributed by atoms with E-state index in [1.165, 1.54) is 50.9 Å². The van der Waals surface area contributed by atoms with Crippen molar-refractivity contribution in [3.05, 3.63) is 58.2 Å². The van der Waals surface area contributed by atoms with E-state index in [-0.39, 0.29) is 6.04 Å². The lowest BCUT2D eigenvalue weighted by Gasteiger charge is -2.41. The lowest BCUT2D eigenvalue weighted by molar-refractivity contribution is 0.141. The van der Waals surface area contributed by atoms with Crippen molar-refractivity contribution in [3.63, 3.8) is 0 Å². The van der Waals surface area contributed by atoms with Crippen LogP contribution in [-0.2, 0) is 0 Å². The zero-order valence-electron chi connectivity index (χ0n) is 18.1. The normalized spacial score (nSPS) is 19.8. The zero-order valence-corrected chi connectivity index (χ0v) is 19.6. The minimum Gasteiger partial charge on any atom is -0.371 e. The molecule has 5 rings (SSSR count). The monoisotopic (exact) mass is 456 g/mol. The first-order valence-electron chi connectivity index (χ1n) is 11.5. The maximum absolute atomic E-state index is 6.49. The van der Waals surface area contributed by atoms with Gasteiger partial charge in [0.05, 0.1) is 17.8 Å².